The molecule has 2 aromatic heterocycles. The van der Waals surface area contributed by atoms with E-state index in [0.717, 1.165) is 5.39 Å². The molecule has 80 valence electrons. The first-order valence-corrected chi connectivity index (χ1v) is 5.10. The van der Waals surface area contributed by atoms with Gasteiger partial charge in [-0.1, -0.05) is 0 Å². The van der Waals surface area contributed by atoms with Gasteiger partial charge in [-0.05, 0) is 30.3 Å². The number of nitriles is 1. The lowest BCUT2D eigenvalue weighted by atomic mass is 10.1. The molecule has 1 N–H and O–H groups in total. The molecule has 0 aliphatic carbocycles. The van der Waals surface area contributed by atoms with Crippen LogP contribution < -0.4 is 5.56 Å². The predicted molar refractivity (Wildman–Crippen MR) is 64.6 cm³/mol. The third-order valence-corrected chi connectivity index (χ3v) is 2.70. The summed E-state index contributed by atoms with van der Waals surface area (Å²) in [7, 11) is 0. The van der Waals surface area contributed by atoms with Crippen molar-refractivity contribution in [3.8, 4) is 6.07 Å². The van der Waals surface area contributed by atoms with E-state index in [-0.39, 0.29) is 5.56 Å². The summed E-state index contributed by atoms with van der Waals surface area (Å²) in [6.07, 6.45) is 1.65. The number of pyridine rings is 2. The second-order valence-corrected chi connectivity index (χ2v) is 3.73. The molecule has 0 spiro atoms. The molecule has 0 amide bonds. The van der Waals surface area contributed by atoms with Gasteiger partial charge in [0.25, 0.3) is 5.56 Å². The molecule has 1 aromatic carbocycles. The van der Waals surface area contributed by atoms with Crippen LogP contribution in [0.3, 0.4) is 0 Å². The summed E-state index contributed by atoms with van der Waals surface area (Å²) < 4.78 is 0. The predicted octanol–water partition coefficient (Wildman–Crippen LogP) is 1.95. The Bertz CT molecular complexity index is 827. The number of hydrogen-bond acceptors (Lipinski definition) is 3. The highest BCUT2D eigenvalue weighted by Crippen LogP contribution is 2.19. The molecular formula is C13H7N3O. The Morgan fingerprint density at radius 3 is 2.94 bits per heavy atom. The van der Waals surface area contributed by atoms with Crippen molar-refractivity contribution in [3.63, 3.8) is 0 Å². The number of H-pyrrole nitrogens is 1. The number of nitrogens with one attached hydrogen (secondary N) is 1. The number of fused-ring (bicyclic) bond motifs is 3. The Kier molecular flexibility index (Phi) is 1.92. The lowest BCUT2D eigenvalue weighted by molar-refractivity contribution is 1.31. The smallest absolute Gasteiger partial charge is 0.257 e. The molecule has 17 heavy (non-hydrogen) atoms. The molecule has 0 unspecified atom stereocenters. The Morgan fingerprint density at radius 2 is 2.12 bits per heavy atom. The highest BCUT2D eigenvalue weighted by molar-refractivity contribution is 6.02. The summed E-state index contributed by atoms with van der Waals surface area (Å²) in [6.45, 7) is 0. The van der Waals surface area contributed by atoms with Crippen molar-refractivity contribution >= 4 is 21.8 Å². The molecule has 0 bridgehead atoms. The molecule has 0 aliphatic heterocycles. The average Bonchev–Trinajstić information content (AvgIpc) is 2.38. The third kappa shape index (κ3) is 1.37. The summed E-state index contributed by atoms with van der Waals surface area (Å²) in [5, 5.41) is 10.2. The van der Waals surface area contributed by atoms with Crippen LogP contribution in [0.1, 0.15) is 5.56 Å². The minimum Gasteiger partial charge on any atom is -0.321 e. The summed E-state index contributed by atoms with van der Waals surface area (Å²) >= 11 is 0. The van der Waals surface area contributed by atoms with Gasteiger partial charge in [0.15, 0.2) is 0 Å². The molecule has 0 radical (unpaired) electrons. The maximum Gasteiger partial charge on any atom is 0.257 e. The summed E-state index contributed by atoms with van der Waals surface area (Å²) in [6, 6.07) is 10.7. The van der Waals surface area contributed by atoms with E-state index in [2.05, 4.69) is 9.97 Å². The lowest BCUT2D eigenvalue weighted by Crippen LogP contribution is -2.06. The molecule has 0 fully saturated rings. The van der Waals surface area contributed by atoms with E-state index < -0.39 is 0 Å². The normalized spacial score (nSPS) is 10.5. The standard InChI is InChI=1S/C13H7N3O/c14-7-8-3-4-9-11(6-8)16-13(17)10-2-1-5-15-12(9)10/h1-6H,(H,16,17). The molecule has 0 saturated heterocycles. The number of benzene rings is 1. The topological polar surface area (TPSA) is 69.5 Å². The largest absolute Gasteiger partial charge is 0.321 e. The molecule has 3 rings (SSSR count). The fourth-order valence-corrected chi connectivity index (χ4v) is 1.92. The summed E-state index contributed by atoms with van der Waals surface area (Å²) in [5.74, 6) is 0. The van der Waals surface area contributed by atoms with E-state index in [1.165, 1.54) is 0 Å². The summed E-state index contributed by atoms with van der Waals surface area (Å²) in [5.41, 5.74) is 1.63. The van der Waals surface area contributed by atoms with E-state index in [0.29, 0.717) is 22.0 Å². The monoisotopic (exact) mass is 221 g/mol. The van der Waals surface area contributed by atoms with Crippen molar-refractivity contribution in [1.82, 2.24) is 9.97 Å². The van der Waals surface area contributed by atoms with Gasteiger partial charge in [-0.3, -0.25) is 9.78 Å². The molecule has 4 nitrogen and oxygen atoms in total. The zero-order valence-electron chi connectivity index (χ0n) is 8.77. The van der Waals surface area contributed by atoms with Gasteiger partial charge in [-0.15, -0.1) is 0 Å². The first-order valence-electron chi connectivity index (χ1n) is 5.10. The van der Waals surface area contributed by atoms with Crippen LogP contribution in [0, 0.1) is 11.3 Å². The Balaban J connectivity index is 2.58. The molecule has 2 heterocycles. The van der Waals surface area contributed by atoms with Crippen LogP contribution in [-0.2, 0) is 0 Å². The second kappa shape index (κ2) is 3.42. The molecular weight excluding hydrogens is 214 g/mol. The fourth-order valence-electron chi connectivity index (χ4n) is 1.92. The third-order valence-electron chi connectivity index (χ3n) is 2.70. The Hall–Kier alpha value is -2.67. The van der Waals surface area contributed by atoms with Gasteiger partial charge in [0, 0.05) is 11.6 Å². The number of hydrogen-bond donors (Lipinski definition) is 1. The fraction of sp³-hybridized carbons (Fsp3) is 0. The number of aromatic amines is 1. The molecule has 0 saturated carbocycles. The quantitative estimate of drug-likeness (QED) is 0.590. The molecule has 0 aliphatic rings. The van der Waals surface area contributed by atoms with Crippen molar-refractivity contribution in [2.75, 3.05) is 0 Å². The first-order chi connectivity index (χ1) is 8.29. The van der Waals surface area contributed by atoms with Crippen LogP contribution in [0.25, 0.3) is 21.8 Å². The van der Waals surface area contributed by atoms with Gasteiger partial charge in [0.05, 0.1) is 28.1 Å². The minimum atomic E-state index is -0.185. The average molecular weight is 221 g/mol. The molecule has 0 atom stereocenters. The SMILES string of the molecule is N#Cc1ccc2c(c1)[nH]c(=O)c1cccnc12. The maximum absolute atomic E-state index is 11.8. The zero-order valence-corrected chi connectivity index (χ0v) is 8.77. The van der Waals surface area contributed by atoms with E-state index in [1.807, 2.05) is 6.07 Å². The molecule has 4 heteroatoms. The highest BCUT2D eigenvalue weighted by atomic mass is 16.1. The summed E-state index contributed by atoms with van der Waals surface area (Å²) in [4.78, 5) is 18.8. The Labute approximate surface area is 96.2 Å². The number of aromatic nitrogens is 2. The van der Waals surface area contributed by atoms with Crippen LogP contribution in [0.5, 0.6) is 0 Å². The van der Waals surface area contributed by atoms with E-state index in [4.69, 9.17) is 5.26 Å². The van der Waals surface area contributed by atoms with E-state index in [1.54, 1.807) is 36.5 Å². The number of rotatable bonds is 0. The van der Waals surface area contributed by atoms with Crippen molar-refractivity contribution < 1.29 is 0 Å². The number of nitrogens with zero attached hydrogens (tertiary/aromatic N) is 2. The maximum atomic E-state index is 11.8. The van der Waals surface area contributed by atoms with Gasteiger partial charge in [0.1, 0.15) is 0 Å². The van der Waals surface area contributed by atoms with Crippen LogP contribution >= 0.6 is 0 Å². The second-order valence-electron chi connectivity index (χ2n) is 3.73. The van der Waals surface area contributed by atoms with Crippen molar-refractivity contribution in [1.29, 1.82) is 5.26 Å². The van der Waals surface area contributed by atoms with Crippen LogP contribution in [0.2, 0.25) is 0 Å². The zero-order chi connectivity index (χ0) is 11.8. The van der Waals surface area contributed by atoms with Crippen LogP contribution in [0.4, 0.5) is 0 Å². The Morgan fingerprint density at radius 1 is 1.24 bits per heavy atom. The van der Waals surface area contributed by atoms with Gasteiger partial charge in [-0.2, -0.15) is 5.26 Å². The van der Waals surface area contributed by atoms with Crippen LogP contribution in [0.15, 0.2) is 41.3 Å². The molecule has 3 aromatic rings. The lowest BCUT2D eigenvalue weighted by Gasteiger charge is -2.02. The van der Waals surface area contributed by atoms with Crippen LogP contribution in [-0.4, -0.2) is 9.97 Å². The van der Waals surface area contributed by atoms with Crippen molar-refractivity contribution in [2.45, 2.75) is 0 Å². The van der Waals surface area contributed by atoms with Gasteiger partial charge in [0.2, 0.25) is 0 Å². The van der Waals surface area contributed by atoms with E-state index >= 15 is 0 Å². The highest BCUT2D eigenvalue weighted by Gasteiger charge is 2.05. The van der Waals surface area contributed by atoms with Gasteiger partial charge in [-0.25, -0.2) is 0 Å². The minimum absolute atomic E-state index is 0.185. The van der Waals surface area contributed by atoms with Gasteiger partial charge >= 0.3 is 0 Å². The first kappa shape index (κ1) is 9.55. The van der Waals surface area contributed by atoms with E-state index in [9.17, 15) is 4.79 Å². The van der Waals surface area contributed by atoms with Crippen molar-refractivity contribution in [2.24, 2.45) is 0 Å². The van der Waals surface area contributed by atoms with Crippen molar-refractivity contribution in [3.05, 3.63) is 52.4 Å². The van der Waals surface area contributed by atoms with Gasteiger partial charge < -0.3 is 4.98 Å².